The first-order valence-corrected chi connectivity index (χ1v) is 6.60. The number of carboxylic acids is 1. The second-order valence-electron chi connectivity index (χ2n) is 6.20. The molecule has 2 bridgehead atoms. The lowest BCUT2D eigenvalue weighted by Gasteiger charge is -2.29. The normalized spacial score (nSPS) is 57.6. The number of ether oxygens (including phenoxy) is 1. The number of hydrogen-bond acceptors (Lipinski definition) is 2. The van der Waals surface area contributed by atoms with E-state index < -0.39 is 5.97 Å². The Balaban J connectivity index is 1.67. The zero-order chi connectivity index (χ0) is 10.9. The van der Waals surface area contributed by atoms with Crippen LogP contribution in [0.5, 0.6) is 0 Å². The molecule has 0 amide bonds. The van der Waals surface area contributed by atoms with Crippen LogP contribution in [0.25, 0.3) is 0 Å². The summed E-state index contributed by atoms with van der Waals surface area (Å²) in [6.45, 7) is 0.887. The van der Waals surface area contributed by atoms with E-state index in [0.29, 0.717) is 23.9 Å². The predicted octanol–water partition coefficient (Wildman–Crippen LogP) is 1.77. The molecule has 7 unspecified atom stereocenters. The molecule has 4 rings (SSSR count). The molecule has 7 atom stereocenters. The zero-order valence-electron chi connectivity index (χ0n) is 9.34. The van der Waals surface area contributed by atoms with Gasteiger partial charge in [-0.15, -0.1) is 0 Å². The Morgan fingerprint density at radius 1 is 1.12 bits per heavy atom. The Bertz CT molecular complexity index is 336. The van der Waals surface area contributed by atoms with Crippen LogP contribution in [-0.4, -0.2) is 23.8 Å². The zero-order valence-corrected chi connectivity index (χ0v) is 9.34. The summed E-state index contributed by atoms with van der Waals surface area (Å²) in [5.74, 6) is 2.69. The van der Waals surface area contributed by atoms with Crippen LogP contribution in [0.2, 0.25) is 0 Å². The average molecular weight is 222 g/mol. The minimum atomic E-state index is -0.550. The Hall–Kier alpha value is -0.570. The molecule has 0 spiro atoms. The average Bonchev–Trinajstić information content (AvgIpc) is 2.77. The molecule has 0 aromatic rings. The third-order valence-electron chi connectivity index (χ3n) is 5.69. The van der Waals surface area contributed by atoms with Crippen molar-refractivity contribution in [1.29, 1.82) is 0 Å². The smallest absolute Gasteiger partial charge is 0.306 e. The highest BCUT2D eigenvalue weighted by atomic mass is 16.6. The van der Waals surface area contributed by atoms with E-state index in [0.717, 1.165) is 24.9 Å². The molecule has 1 heterocycles. The molecule has 0 aromatic carbocycles. The number of hydrogen-bond donors (Lipinski definition) is 1. The summed E-state index contributed by atoms with van der Waals surface area (Å²) in [5, 5.41) is 9.37. The van der Waals surface area contributed by atoms with E-state index in [9.17, 15) is 9.90 Å². The van der Waals surface area contributed by atoms with Crippen LogP contribution in [0.1, 0.15) is 25.7 Å². The minimum absolute atomic E-state index is 0.0606. The summed E-state index contributed by atoms with van der Waals surface area (Å²) in [6.07, 6.45) is 5.25. The molecule has 88 valence electrons. The van der Waals surface area contributed by atoms with E-state index in [4.69, 9.17) is 4.74 Å². The van der Waals surface area contributed by atoms with Gasteiger partial charge in [0.25, 0.3) is 0 Å². The molecule has 1 N–H and O–H groups in total. The molecule has 0 radical (unpaired) electrons. The van der Waals surface area contributed by atoms with Crippen molar-refractivity contribution in [1.82, 2.24) is 0 Å². The Kier molecular flexibility index (Phi) is 1.78. The summed E-state index contributed by atoms with van der Waals surface area (Å²) in [7, 11) is 0. The highest BCUT2D eigenvalue weighted by Crippen LogP contribution is 2.64. The van der Waals surface area contributed by atoms with E-state index in [2.05, 4.69) is 0 Å². The summed E-state index contributed by atoms with van der Waals surface area (Å²) < 4.78 is 5.44. The number of carboxylic acid groups (broad SMARTS) is 1. The number of aliphatic carboxylic acids is 1. The summed E-state index contributed by atoms with van der Waals surface area (Å²) in [5.41, 5.74) is 0. The summed E-state index contributed by atoms with van der Waals surface area (Å²) >= 11 is 0. The molecule has 3 saturated carbocycles. The first-order chi connectivity index (χ1) is 7.75. The lowest BCUT2D eigenvalue weighted by Crippen LogP contribution is -2.28. The first kappa shape index (κ1) is 9.46. The standard InChI is InChI=1S/C13H18O3/c14-13(15)9-4-8(10-5-16-10)11-6-1-2-7(3-6)12(9)11/h6-12H,1-5H2,(H,14,15). The SMILES string of the molecule is O=C(O)C1CC(C2CO2)C2C3CCC(C3)C12. The summed E-state index contributed by atoms with van der Waals surface area (Å²) in [4.78, 5) is 11.4. The van der Waals surface area contributed by atoms with Crippen LogP contribution in [0.3, 0.4) is 0 Å². The van der Waals surface area contributed by atoms with Crippen molar-refractivity contribution in [2.24, 2.45) is 35.5 Å². The molecular weight excluding hydrogens is 204 g/mol. The highest BCUT2D eigenvalue weighted by molar-refractivity contribution is 5.71. The maximum absolute atomic E-state index is 11.4. The Labute approximate surface area is 95.2 Å². The van der Waals surface area contributed by atoms with Gasteiger partial charge in [-0.25, -0.2) is 0 Å². The van der Waals surface area contributed by atoms with Gasteiger partial charge < -0.3 is 9.84 Å². The van der Waals surface area contributed by atoms with Gasteiger partial charge in [-0.1, -0.05) is 0 Å². The fourth-order valence-corrected chi connectivity index (χ4v) is 5.19. The number of rotatable bonds is 2. The van der Waals surface area contributed by atoms with Crippen molar-refractivity contribution >= 4 is 5.97 Å². The Morgan fingerprint density at radius 3 is 2.44 bits per heavy atom. The fraction of sp³-hybridized carbons (Fsp3) is 0.923. The summed E-state index contributed by atoms with van der Waals surface area (Å²) in [6, 6.07) is 0. The maximum Gasteiger partial charge on any atom is 0.306 e. The maximum atomic E-state index is 11.4. The van der Waals surface area contributed by atoms with Gasteiger partial charge >= 0.3 is 5.97 Å². The van der Waals surface area contributed by atoms with Crippen LogP contribution in [0.15, 0.2) is 0 Å². The van der Waals surface area contributed by atoms with Gasteiger partial charge in [0.2, 0.25) is 0 Å². The first-order valence-electron chi connectivity index (χ1n) is 6.60. The third-order valence-corrected chi connectivity index (χ3v) is 5.69. The minimum Gasteiger partial charge on any atom is -0.481 e. The van der Waals surface area contributed by atoms with Crippen molar-refractivity contribution in [2.75, 3.05) is 6.61 Å². The second kappa shape index (κ2) is 3.00. The number of fused-ring (bicyclic) bond motifs is 5. The quantitative estimate of drug-likeness (QED) is 0.724. The van der Waals surface area contributed by atoms with Gasteiger partial charge in [-0.05, 0) is 55.3 Å². The van der Waals surface area contributed by atoms with E-state index >= 15 is 0 Å². The molecule has 1 aliphatic heterocycles. The van der Waals surface area contributed by atoms with Crippen LogP contribution >= 0.6 is 0 Å². The molecule has 3 aliphatic carbocycles. The van der Waals surface area contributed by atoms with E-state index in [-0.39, 0.29) is 5.92 Å². The molecule has 3 nitrogen and oxygen atoms in total. The van der Waals surface area contributed by atoms with Crippen molar-refractivity contribution in [3.05, 3.63) is 0 Å². The van der Waals surface area contributed by atoms with Gasteiger partial charge in [0.1, 0.15) is 0 Å². The molecule has 4 fully saturated rings. The van der Waals surface area contributed by atoms with Crippen molar-refractivity contribution in [2.45, 2.75) is 31.8 Å². The fourth-order valence-electron chi connectivity index (χ4n) is 5.19. The predicted molar refractivity (Wildman–Crippen MR) is 56.8 cm³/mol. The monoisotopic (exact) mass is 222 g/mol. The number of carbonyl (C=O) groups is 1. The van der Waals surface area contributed by atoms with Gasteiger partial charge in [-0.3, -0.25) is 4.79 Å². The molecule has 16 heavy (non-hydrogen) atoms. The number of epoxide rings is 1. The largest absolute Gasteiger partial charge is 0.481 e. The van der Waals surface area contributed by atoms with Gasteiger partial charge in [0, 0.05) is 0 Å². The molecule has 3 heteroatoms. The highest BCUT2D eigenvalue weighted by Gasteiger charge is 2.61. The van der Waals surface area contributed by atoms with Crippen molar-refractivity contribution in [3.8, 4) is 0 Å². The van der Waals surface area contributed by atoms with E-state index in [1.54, 1.807) is 0 Å². The van der Waals surface area contributed by atoms with Crippen molar-refractivity contribution < 1.29 is 14.6 Å². The third kappa shape index (κ3) is 1.10. The van der Waals surface area contributed by atoms with Crippen LogP contribution in [0.4, 0.5) is 0 Å². The van der Waals surface area contributed by atoms with Gasteiger partial charge in [0.15, 0.2) is 0 Å². The van der Waals surface area contributed by atoms with Crippen LogP contribution < -0.4 is 0 Å². The van der Waals surface area contributed by atoms with E-state index in [1.807, 2.05) is 0 Å². The molecule has 1 saturated heterocycles. The van der Waals surface area contributed by atoms with Crippen LogP contribution in [-0.2, 0) is 9.53 Å². The lowest BCUT2D eigenvalue weighted by atomic mass is 9.75. The Morgan fingerprint density at radius 2 is 1.81 bits per heavy atom. The topological polar surface area (TPSA) is 49.8 Å². The molecule has 4 aliphatic rings. The second-order valence-corrected chi connectivity index (χ2v) is 6.20. The van der Waals surface area contributed by atoms with Gasteiger partial charge in [-0.2, -0.15) is 0 Å². The van der Waals surface area contributed by atoms with E-state index in [1.165, 1.54) is 19.3 Å². The van der Waals surface area contributed by atoms with Crippen LogP contribution in [0, 0.1) is 35.5 Å². The molecular formula is C13H18O3. The lowest BCUT2D eigenvalue weighted by molar-refractivity contribution is -0.143. The van der Waals surface area contributed by atoms with Crippen molar-refractivity contribution in [3.63, 3.8) is 0 Å². The molecule has 0 aromatic heterocycles. The van der Waals surface area contributed by atoms with Gasteiger partial charge in [0.05, 0.1) is 18.6 Å².